The van der Waals surface area contributed by atoms with Crippen molar-refractivity contribution in [3.63, 3.8) is 0 Å². The Hall–Kier alpha value is -0.817. The number of aromatic nitrogens is 1. The fraction of sp³-hybridized carbons (Fsp3) is 0.111. The molecule has 2 aliphatic rings. The maximum atomic E-state index is 2.43. The van der Waals surface area contributed by atoms with E-state index in [1.54, 1.807) is 3.28 Å². The number of hydrogen-bond acceptors (Lipinski definition) is 0. The van der Waals surface area contributed by atoms with Crippen LogP contribution >= 0.6 is 24.8 Å². The van der Waals surface area contributed by atoms with Crippen LogP contribution in [0.2, 0.25) is 0 Å². The zero-order valence-electron chi connectivity index (χ0n) is 12.0. The summed E-state index contributed by atoms with van der Waals surface area (Å²) in [5, 5.41) is 0. The van der Waals surface area contributed by atoms with Crippen molar-refractivity contribution >= 4 is 30.9 Å². The molecular formula is C18H17Cl2NZr. The molecule has 0 aliphatic heterocycles. The van der Waals surface area contributed by atoms with Crippen LogP contribution in [0.5, 0.6) is 0 Å². The Kier molecular flexibility index (Phi) is 5.72. The van der Waals surface area contributed by atoms with Crippen molar-refractivity contribution < 1.29 is 23.2 Å². The molecule has 4 heteroatoms. The van der Waals surface area contributed by atoms with Gasteiger partial charge in [0.25, 0.3) is 0 Å². The second kappa shape index (κ2) is 7.17. The van der Waals surface area contributed by atoms with Gasteiger partial charge in [0, 0.05) is 0 Å². The zero-order valence-corrected chi connectivity index (χ0v) is 16.1. The standard InChI is InChI=1S/C13H10N.C5H5.2ClH.Zr/c1-2-6-12-11(5-1)7-8-13(12)14-9-3-4-10-14;1-2-4-5-3-1;;;/h1-10H;1-3H,4H2;2*1H;. The van der Waals surface area contributed by atoms with Crippen LogP contribution in [0.15, 0.2) is 76.4 Å². The molecular weight excluding hydrogens is 392 g/mol. The van der Waals surface area contributed by atoms with Crippen LogP contribution in [0.25, 0.3) is 6.08 Å². The third-order valence-electron chi connectivity index (χ3n) is 4.01. The molecule has 2 aromatic rings. The molecule has 1 atom stereocenters. The molecule has 0 fully saturated rings. The van der Waals surface area contributed by atoms with E-state index in [9.17, 15) is 0 Å². The van der Waals surface area contributed by atoms with Crippen LogP contribution < -0.4 is 0 Å². The second-order valence-corrected chi connectivity index (χ2v) is 9.29. The number of halogens is 2. The quantitative estimate of drug-likeness (QED) is 0.673. The molecule has 4 rings (SSSR count). The molecule has 0 N–H and O–H groups in total. The Morgan fingerprint density at radius 1 is 1.00 bits per heavy atom. The minimum Gasteiger partial charge on any atom is -0.147 e. The van der Waals surface area contributed by atoms with Gasteiger partial charge in [-0.25, -0.2) is 0 Å². The van der Waals surface area contributed by atoms with Gasteiger partial charge in [-0.05, 0) is 0 Å². The first-order valence-electron chi connectivity index (χ1n) is 6.95. The number of rotatable bonds is 3. The molecule has 1 aromatic heterocycles. The van der Waals surface area contributed by atoms with E-state index in [0.717, 1.165) is 6.42 Å². The van der Waals surface area contributed by atoms with Crippen LogP contribution in [0.4, 0.5) is 0 Å². The summed E-state index contributed by atoms with van der Waals surface area (Å²) < 4.78 is 4.20. The molecule has 1 heterocycles. The average Bonchev–Trinajstić information content (AvgIpc) is 3.20. The fourth-order valence-electron chi connectivity index (χ4n) is 3.04. The fourth-order valence-corrected chi connectivity index (χ4v) is 7.21. The first-order valence-corrected chi connectivity index (χ1v) is 9.40. The Morgan fingerprint density at radius 3 is 2.50 bits per heavy atom. The number of hydrogen-bond donors (Lipinski definition) is 0. The summed E-state index contributed by atoms with van der Waals surface area (Å²) in [5.41, 5.74) is 2.87. The third-order valence-corrected chi connectivity index (χ3v) is 8.35. The largest absolute Gasteiger partial charge is 0.147 e. The molecule has 112 valence electrons. The minimum absolute atomic E-state index is 0. The van der Waals surface area contributed by atoms with Crippen LogP contribution in [0.1, 0.15) is 17.5 Å². The van der Waals surface area contributed by atoms with Gasteiger partial charge in [-0.15, -0.1) is 24.8 Å². The minimum atomic E-state index is -0.779. The Bertz CT molecular complexity index is 731. The van der Waals surface area contributed by atoms with E-state index in [1.807, 2.05) is 0 Å². The first kappa shape index (κ1) is 17.5. The van der Waals surface area contributed by atoms with Gasteiger partial charge in [-0.1, -0.05) is 0 Å². The maximum Gasteiger partial charge on any atom is -0.147 e. The molecule has 0 saturated carbocycles. The predicted molar refractivity (Wildman–Crippen MR) is 93.3 cm³/mol. The Balaban J connectivity index is 0.000000882. The summed E-state index contributed by atoms with van der Waals surface area (Å²) in [5.74, 6) is 0. The predicted octanol–water partition coefficient (Wildman–Crippen LogP) is 4.99. The molecule has 0 bridgehead atoms. The van der Waals surface area contributed by atoms with Gasteiger partial charge in [0.05, 0.1) is 0 Å². The van der Waals surface area contributed by atoms with Crippen LogP contribution in [0.3, 0.4) is 0 Å². The summed E-state index contributed by atoms with van der Waals surface area (Å²) >= 11 is -0.779. The molecule has 22 heavy (non-hydrogen) atoms. The number of benzene rings is 1. The Labute approximate surface area is 155 Å². The van der Waals surface area contributed by atoms with Gasteiger partial charge in [-0.3, -0.25) is 0 Å². The molecule has 2 aliphatic carbocycles. The normalized spacial score (nSPS) is 20.8. The van der Waals surface area contributed by atoms with Crippen LogP contribution in [0, 0.1) is 0 Å². The van der Waals surface area contributed by atoms with Crippen molar-refractivity contribution in [2.45, 2.75) is 9.67 Å². The van der Waals surface area contributed by atoms with E-state index in [0.29, 0.717) is 0 Å². The molecule has 1 nitrogen and oxygen atoms in total. The van der Waals surface area contributed by atoms with Gasteiger partial charge in [0.1, 0.15) is 0 Å². The first-order chi connectivity index (χ1) is 9.88. The topological polar surface area (TPSA) is 4.93 Å². The number of fused-ring (bicyclic) bond motifs is 1. The smallest absolute Gasteiger partial charge is 0.147 e. The van der Waals surface area contributed by atoms with E-state index in [1.165, 1.54) is 11.1 Å². The molecule has 1 aromatic carbocycles. The van der Waals surface area contributed by atoms with Crippen molar-refractivity contribution in [2.24, 2.45) is 0 Å². The number of allylic oxidation sites excluding steroid dienone is 5. The number of nitrogens with zero attached hydrogens (tertiary/aromatic N) is 1. The van der Waals surface area contributed by atoms with Crippen molar-refractivity contribution in [3.05, 3.63) is 87.5 Å². The van der Waals surface area contributed by atoms with E-state index in [2.05, 4.69) is 83.7 Å². The van der Waals surface area contributed by atoms with Gasteiger partial charge < -0.3 is 0 Å². The van der Waals surface area contributed by atoms with Crippen molar-refractivity contribution in [1.82, 2.24) is 4.57 Å². The monoisotopic (exact) mass is 407 g/mol. The van der Waals surface area contributed by atoms with E-state index in [-0.39, 0.29) is 28.1 Å². The SMILES string of the molecule is C1=CC[C]([Zr][C]2(n3cccc3)C=Cc3ccccc32)=C1.Cl.Cl. The third kappa shape index (κ3) is 2.85. The summed E-state index contributed by atoms with van der Waals surface area (Å²) in [6.07, 6.45) is 17.2. The molecule has 0 spiro atoms. The molecule has 0 radical (unpaired) electrons. The van der Waals surface area contributed by atoms with Gasteiger partial charge in [0.15, 0.2) is 0 Å². The molecule has 0 amide bonds. The van der Waals surface area contributed by atoms with Crippen LogP contribution in [-0.2, 0) is 26.5 Å². The van der Waals surface area contributed by atoms with Crippen molar-refractivity contribution in [3.8, 4) is 0 Å². The maximum absolute atomic E-state index is 2.43. The molecule has 0 saturated heterocycles. The molecule has 1 unspecified atom stereocenters. The van der Waals surface area contributed by atoms with Gasteiger partial charge >= 0.3 is 131 Å². The van der Waals surface area contributed by atoms with E-state index in [4.69, 9.17) is 0 Å². The average molecular weight is 409 g/mol. The van der Waals surface area contributed by atoms with E-state index >= 15 is 0 Å². The van der Waals surface area contributed by atoms with Gasteiger partial charge in [-0.2, -0.15) is 0 Å². The van der Waals surface area contributed by atoms with Crippen molar-refractivity contribution in [2.75, 3.05) is 0 Å². The van der Waals surface area contributed by atoms with Gasteiger partial charge in [0.2, 0.25) is 0 Å². The summed E-state index contributed by atoms with van der Waals surface area (Å²) in [4.78, 5) is 0. The van der Waals surface area contributed by atoms with E-state index < -0.39 is 23.2 Å². The Morgan fingerprint density at radius 2 is 1.77 bits per heavy atom. The zero-order chi connectivity index (χ0) is 13.4. The van der Waals surface area contributed by atoms with Crippen LogP contribution in [-0.4, -0.2) is 4.57 Å². The summed E-state index contributed by atoms with van der Waals surface area (Å²) in [6.45, 7) is 0. The van der Waals surface area contributed by atoms with Crippen molar-refractivity contribution in [1.29, 1.82) is 0 Å². The second-order valence-electron chi connectivity index (χ2n) is 5.23. The summed E-state index contributed by atoms with van der Waals surface area (Å²) in [6, 6.07) is 13.1. The summed E-state index contributed by atoms with van der Waals surface area (Å²) in [7, 11) is 0.